The van der Waals surface area contributed by atoms with Crippen molar-refractivity contribution in [1.82, 2.24) is 15.1 Å². The minimum Gasteiger partial charge on any atom is -0.352 e. The van der Waals surface area contributed by atoms with Crippen LogP contribution in [0.3, 0.4) is 0 Å². The lowest BCUT2D eigenvalue weighted by atomic mass is 10.0. The average molecular weight is 417 g/mol. The van der Waals surface area contributed by atoms with E-state index in [0.29, 0.717) is 18.5 Å². The van der Waals surface area contributed by atoms with E-state index >= 15 is 0 Å². The van der Waals surface area contributed by atoms with Crippen LogP contribution >= 0.6 is 12.4 Å². The zero-order valence-electron chi connectivity index (χ0n) is 15.7. The monoisotopic (exact) mass is 416 g/mol. The molecule has 0 bridgehead atoms. The second kappa shape index (κ2) is 8.53. The summed E-state index contributed by atoms with van der Waals surface area (Å²) >= 11 is 0. The van der Waals surface area contributed by atoms with Gasteiger partial charge in [0.1, 0.15) is 0 Å². The predicted octanol–water partition coefficient (Wildman–Crippen LogP) is 3.67. The molecule has 28 heavy (non-hydrogen) atoms. The number of hydrogen-bond acceptors (Lipinski definition) is 3. The molecule has 154 valence electrons. The molecule has 0 radical (unpaired) electrons. The first-order valence-electron chi connectivity index (χ1n) is 8.92. The van der Waals surface area contributed by atoms with Crippen LogP contribution in [0.15, 0.2) is 24.3 Å². The first-order valence-corrected chi connectivity index (χ1v) is 8.92. The van der Waals surface area contributed by atoms with Crippen molar-refractivity contribution in [1.29, 1.82) is 0 Å². The van der Waals surface area contributed by atoms with Crippen molar-refractivity contribution in [3.63, 3.8) is 0 Å². The molecule has 1 aromatic heterocycles. The van der Waals surface area contributed by atoms with Crippen LogP contribution in [0.1, 0.15) is 41.8 Å². The molecule has 1 amide bonds. The highest BCUT2D eigenvalue weighted by Gasteiger charge is 2.34. The smallest absolute Gasteiger partial charge is 0.352 e. The summed E-state index contributed by atoms with van der Waals surface area (Å²) in [5.41, 5.74) is 6.88. The Morgan fingerprint density at radius 3 is 2.54 bits per heavy atom. The molecule has 0 saturated heterocycles. The Labute approximate surface area is 167 Å². The van der Waals surface area contributed by atoms with Crippen molar-refractivity contribution < 1.29 is 18.0 Å². The Morgan fingerprint density at radius 2 is 2.00 bits per heavy atom. The summed E-state index contributed by atoms with van der Waals surface area (Å²) in [4.78, 5) is 12.2. The molecule has 1 aromatic carbocycles. The van der Waals surface area contributed by atoms with E-state index in [2.05, 4.69) is 10.4 Å². The molecule has 2 aromatic rings. The number of amides is 1. The summed E-state index contributed by atoms with van der Waals surface area (Å²) in [6, 6.07) is 5.85. The highest BCUT2D eigenvalue weighted by atomic mass is 35.5. The van der Waals surface area contributed by atoms with E-state index < -0.39 is 11.7 Å². The van der Waals surface area contributed by atoms with Gasteiger partial charge in [-0.05, 0) is 56.9 Å². The lowest BCUT2D eigenvalue weighted by Gasteiger charge is -2.17. The molecule has 1 aliphatic rings. The molecular formula is C19H24ClF3N4O. The Balaban J connectivity index is 0.00000280. The van der Waals surface area contributed by atoms with Crippen LogP contribution in [0.4, 0.5) is 13.2 Å². The molecule has 1 aliphatic carbocycles. The number of nitrogens with one attached hydrogen (secondary N) is 1. The van der Waals surface area contributed by atoms with Gasteiger partial charge in [0.05, 0.1) is 16.9 Å². The van der Waals surface area contributed by atoms with Gasteiger partial charge in [0.25, 0.3) is 0 Å². The molecule has 0 aliphatic heterocycles. The first-order chi connectivity index (χ1) is 12.6. The number of nitrogens with two attached hydrogens (primary N) is 1. The lowest BCUT2D eigenvalue weighted by Crippen LogP contribution is -2.30. The van der Waals surface area contributed by atoms with Gasteiger partial charge in [-0.25, -0.2) is 4.68 Å². The van der Waals surface area contributed by atoms with E-state index in [1.54, 1.807) is 26.0 Å². The van der Waals surface area contributed by atoms with Crippen LogP contribution in [0, 0.1) is 19.8 Å². The van der Waals surface area contributed by atoms with Gasteiger partial charge in [0.15, 0.2) is 0 Å². The van der Waals surface area contributed by atoms with Crippen molar-refractivity contribution >= 4 is 18.3 Å². The number of alkyl halides is 3. The van der Waals surface area contributed by atoms with Gasteiger partial charge in [-0.15, -0.1) is 12.4 Å². The van der Waals surface area contributed by atoms with E-state index in [-0.39, 0.29) is 42.4 Å². The van der Waals surface area contributed by atoms with Crippen molar-refractivity contribution in [2.24, 2.45) is 11.7 Å². The van der Waals surface area contributed by atoms with Gasteiger partial charge in [-0.3, -0.25) is 4.79 Å². The van der Waals surface area contributed by atoms with Gasteiger partial charge < -0.3 is 11.1 Å². The normalized spacial score (nSPS) is 19.4. The lowest BCUT2D eigenvalue weighted by molar-refractivity contribution is -0.138. The Morgan fingerprint density at radius 1 is 1.29 bits per heavy atom. The van der Waals surface area contributed by atoms with Crippen molar-refractivity contribution in [3.8, 4) is 5.69 Å². The topological polar surface area (TPSA) is 72.9 Å². The summed E-state index contributed by atoms with van der Waals surface area (Å²) < 4.78 is 42.2. The van der Waals surface area contributed by atoms with Crippen molar-refractivity contribution in [2.75, 3.05) is 0 Å². The Hall–Kier alpha value is -2.06. The van der Waals surface area contributed by atoms with Crippen molar-refractivity contribution in [2.45, 2.75) is 51.9 Å². The number of hydrogen-bond donors (Lipinski definition) is 2. The minimum absolute atomic E-state index is 0. The van der Waals surface area contributed by atoms with Gasteiger partial charge >= 0.3 is 6.18 Å². The largest absolute Gasteiger partial charge is 0.416 e. The third kappa shape index (κ3) is 4.86. The maximum Gasteiger partial charge on any atom is 0.416 e. The van der Waals surface area contributed by atoms with Gasteiger partial charge in [0.2, 0.25) is 5.91 Å². The number of aromatic nitrogens is 2. The highest BCUT2D eigenvalue weighted by molar-refractivity contribution is 5.85. The van der Waals surface area contributed by atoms with E-state index in [9.17, 15) is 18.0 Å². The molecule has 1 heterocycles. The number of halogens is 4. The summed E-state index contributed by atoms with van der Waals surface area (Å²) in [5.74, 6) is -0.456. The third-order valence-electron chi connectivity index (χ3n) is 4.95. The number of rotatable bonds is 4. The molecule has 3 N–H and O–H groups in total. The molecule has 3 rings (SSSR count). The maximum atomic E-state index is 13.6. The quantitative estimate of drug-likeness (QED) is 0.798. The number of carbonyl (C=O) groups is 1. The number of carbonyl (C=O) groups excluding carboxylic acids is 1. The fraction of sp³-hybridized carbons (Fsp3) is 0.474. The van der Waals surface area contributed by atoms with Crippen LogP contribution in [0.25, 0.3) is 5.69 Å². The van der Waals surface area contributed by atoms with E-state index in [4.69, 9.17) is 5.73 Å². The highest BCUT2D eigenvalue weighted by Crippen LogP contribution is 2.34. The summed E-state index contributed by atoms with van der Waals surface area (Å²) in [5, 5.41) is 6.87. The summed E-state index contributed by atoms with van der Waals surface area (Å²) in [6.07, 6.45) is -2.50. The second-order valence-corrected chi connectivity index (χ2v) is 7.17. The van der Waals surface area contributed by atoms with Crippen LogP contribution in [0.2, 0.25) is 0 Å². The van der Waals surface area contributed by atoms with Crippen LogP contribution in [0.5, 0.6) is 0 Å². The fourth-order valence-corrected chi connectivity index (χ4v) is 3.59. The van der Waals surface area contributed by atoms with Gasteiger partial charge in [-0.1, -0.05) is 6.07 Å². The van der Waals surface area contributed by atoms with E-state index in [1.165, 1.54) is 10.7 Å². The molecule has 5 nitrogen and oxygen atoms in total. The van der Waals surface area contributed by atoms with Crippen LogP contribution in [-0.4, -0.2) is 21.7 Å². The predicted molar refractivity (Wildman–Crippen MR) is 102 cm³/mol. The first kappa shape index (κ1) is 22.2. The van der Waals surface area contributed by atoms with E-state index in [0.717, 1.165) is 23.9 Å². The molecule has 9 heteroatoms. The Bertz CT molecular complexity index is 850. The van der Waals surface area contributed by atoms with Crippen molar-refractivity contribution in [3.05, 3.63) is 46.8 Å². The summed E-state index contributed by atoms with van der Waals surface area (Å²) in [7, 11) is 0. The zero-order chi connectivity index (χ0) is 19.8. The number of aryl methyl sites for hydroxylation is 2. The number of nitrogens with zero attached hydrogens (tertiary/aromatic N) is 2. The molecular weight excluding hydrogens is 393 g/mol. The molecule has 1 saturated carbocycles. The third-order valence-corrected chi connectivity index (χ3v) is 4.95. The fourth-order valence-electron chi connectivity index (χ4n) is 3.59. The molecule has 0 spiro atoms. The summed E-state index contributed by atoms with van der Waals surface area (Å²) in [6.45, 7) is 3.40. The van der Waals surface area contributed by atoms with Crippen LogP contribution < -0.4 is 11.1 Å². The minimum atomic E-state index is -4.53. The van der Waals surface area contributed by atoms with E-state index in [1.807, 2.05) is 0 Å². The second-order valence-electron chi connectivity index (χ2n) is 7.17. The molecule has 2 atom stereocenters. The zero-order valence-corrected chi connectivity index (χ0v) is 16.5. The maximum absolute atomic E-state index is 13.6. The Kier molecular flexibility index (Phi) is 6.77. The van der Waals surface area contributed by atoms with Crippen LogP contribution in [-0.2, 0) is 17.5 Å². The average Bonchev–Trinajstić information content (AvgIpc) is 3.17. The standard InChI is InChI=1S/C19H23F3N4O.ClH/c1-11-7-12(2)26(25-11)16-6-4-14(17(9-16)19(20,21)22)10-24-18(27)13-3-5-15(23)8-13;/h4,6-7,9,13,15H,3,5,8,10,23H2,1-2H3,(H,24,27);1H. The molecule has 2 unspecified atom stereocenters. The SMILES string of the molecule is Cc1cc(C)n(-c2ccc(CNC(=O)C3CCC(N)C3)c(C(F)(F)F)c2)n1.Cl. The molecule has 1 fully saturated rings. The van der Waals surface area contributed by atoms with Gasteiger partial charge in [-0.2, -0.15) is 18.3 Å². The van der Waals surface area contributed by atoms with Gasteiger partial charge in [0, 0.05) is 24.2 Å². The number of benzene rings is 1.